The molecule has 1 aromatic carbocycles. The van der Waals surface area contributed by atoms with Crippen LogP contribution in [0, 0.1) is 0 Å². The van der Waals surface area contributed by atoms with Crippen LogP contribution in [0.25, 0.3) is 0 Å². The molecule has 0 aliphatic carbocycles. The second-order valence-electron chi connectivity index (χ2n) is 6.24. The molecule has 0 spiro atoms. The summed E-state index contributed by atoms with van der Waals surface area (Å²) in [5.74, 6) is 0.0552. The second-order valence-corrected chi connectivity index (χ2v) is 6.24. The van der Waals surface area contributed by atoms with E-state index >= 15 is 0 Å². The number of hydrogen-bond donors (Lipinski definition) is 0. The van der Waals surface area contributed by atoms with Crippen molar-refractivity contribution in [3.8, 4) is 0 Å². The van der Waals surface area contributed by atoms with E-state index in [4.69, 9.17) is 9.57 Å². The fourth-order valence-corrected chi connectivity index (χ4v) is 2.62. The summed E-state index contributed by atoms with van der Waals surface area (Å²) in [7, 11) is 0. The van der Waals surface area contributed by atoms with Crippen molar-refractivity contribution in [3.63, 3.8) is 0 Å². The van der Waals surface area contributed by atoms with Gasteiger partial charge in [-0.15, -0.1) is 0 Å². The largest absolute Gasteiger partial charge is 0.479 e. The van der Waals surface area contributed by atoms with Crippen LogP contribution in [0.3, 0.4) is 0 Å². The van der Waals surface area contributed by atoms with Gasteiger partial charge in [-0.2, -0.15) is 0 Å². The van der Waals surface area contributed by atoms with E-state index in [9.17, 15) is 4.79 Å². The third-order valence-electron chi connectivity index (χ3n) is 4.05. The quantitative estimate of drug-likeness (QED) is 0.142. The van der Waals surface area contributed by atoms with Gasteiger partial charge in [-0.3, -0.25) is 0 Å². The van der Waals surface area contributed by atoms with Gasteiger partial charge in [0.25, 0.3) is 0 Å². The number of unbranched alkanes of at least 4 members (excludes halogenated alkanes) is 8. The lowest BCUT2D eigenvalue weighted by molar-refractivity contribution is 0.0499. The smallest absolute Gasteiger partial charge is 0.365 e. The summed E-state index contributed by atoms with van der Waals surface area (Å²) < 4.78 is 5.47. The molecule has 0 saturated carbocycles. The van der Waals surface area contributed by atoms with Crippen LogP contribution in [-0.2, 0) is 9.57 Å². The lowest BCUT2D eigenvalue weighted by atomic mass is 10.1. The van der Waals surface area contributed by atoms with Crippen LogP contribution in [0.2, 0.25) is 0 Å². The molecule has 0 unspecified atom stereocenters. The van der Waals surface area contributed by atoms with Gasteiger partial charge in [0, 0.05) is 6.42 Å². The first-order valence-corrected chi connectivity index (χ1v) is 9.74. The highest BCUT2D eigenvalue weighted by molar-refractivity contribution is 5.89. The predicted octanol–water partition coefficient (Wildman–Crippen LogP) is 6.11. The molecule has 140 valence electrons. The fraction of sp³-hybridized carbons (Fsp3) is 0.619. The molecule has 0 N–H and O–H groups in total. The maximum Gasteiger partial charge on any atom is 0.365 e. The van der Waals surface area contributed by atoms with Crippen molar-refractivity contribution >= 4 is 11.9 Å². The van der Waals surface area contributed by atoms with E-state index in [1.807, 2.05) is 13.0 Å². The maximum absolute atomic E-state index is 11.9. The minimum atomic E-state index is -0.454. The Kier molecular flexibility index (Phi) is 12.3. The predicted molar refractivity (Wildman–Crippen MR) is 103 cm³/mol. The van der Waals surface area contributed by atoms with E-state index in [1.165, 1.54) is 44.9 Å². The Morgan fingerprint density at radius 1 is 0.880 bits per heavy atom. The summed E-state index contributed by atoms with van der Waals surface area (Å²) in [6.45, 7) is 4.68. The monoisotopic (exact) mass is 347 g/mol. The van der Waals surface area contributed by atoms with Crippen molar-refractivity contribution in [2.45, 2.75) is 78.1 Å². The lowest BCUT2D eigenvalue weighted by Gasteiger charge is -2.07. The first-order chi connectivity index (χ1) is 12.3. The zero-order chi connectivity index (χ0) is 18.2. The van der Waals surface area contributed by atoms with Crippen molar-refractivity contribution in [1.29, 1.82) is 0 Å². The number of carbonyl (C=O) groups excluding carboxylic acids is 1. The highest BCUT2D eigenvalue weighted by Crippen LogP contribution is 2.11. The van der Waals surface area contributed by atoms with E-state index in [2.05, 4.69) is 12.1 Å². The highest BCUT2D eigenvalue weighted by atomic mass is 16.7. The minimum absolute atomic E-state index is 0.454. The molecule has 0 radical (unpaired) electrons. The Hall–Kier alpha value is -1.84. The van der Waals surface area contributed by atoms with Crippen LogP contribution >= 0.6 is 0 Å². The average molecular weight is 347 g/mol. The third kappa shape index (κ3) is 10.6. The van der Waals surface area contributed by atoms with E-state index in [1.54, 1.807) is 24.3 Å². The van der Waals surface area contributed by atoms with Crippen molar-refractivity contribution in [2.24, 2.45) is 5.16 Å². The standard InChI is InChI=1S/C21H33NO3/c1-3-5-6-7-8-9-10-11-15-18-20(24-4-2)22-25-21(23)19-16-13-12-14-17-19/h12-14,16-17H,3-11,15,18H2,1-2H3/b22-20-. The van der Waals surface area contributed by atoms with Gasteiger partial charge in [0.2, 0.25) is 5.90 Å². The van der Waals surface area contributed by atoms with Gasteiger partial charge in [0.15, 0.2) is 0 Å². The first kappa shape index (κ1) is 21.2. The van der Waals surface area contributed by atoms with Gasteiger partial charge in [0.05, 0.1) is 12.2 Å². The summed E-state index contributed by atoms with van der Waals surface area (Å²) in [5.41, 5.74) is 0.491. The average Bonchev–Trinajstić information content (AvgIpc) is 2.65. The van der Waals surface area contributed by atoms with Crippen molar-refractivity contribution < 1.29 is 14.4 Å². The van der Waals surface area contributed by atoms with E-state index in [0.717, 1.165) is 12.8 Å². The molecule has 0 atom stereocenters. The zero-order valence-corrected chi connectivity index (χ0v) is 15.8. The minimum Gasteiger partial charge on any atom is -0.479 e. The van der Waals surface area contributed by atoms with E-state index < -0.39 is 5.97 Å². The summed E-state index contributed by atoms with van der Waals surface area (Å²) in [6, 6.07) is 8.87. The Labute approximate surface area is 152 Å². The van der Waals surface area contributed by atoms with Crippen LogP contribution in [0.15, 0.2) is 35.5 Å². The lowest BCUT2D eigenvalue weighted by Crippen LogP contribution is -2.08. The first-order valence-electron chi connectivity index (χ1n) is 9.74. The number of rotatable bonds is 13. The second kappa shape index (κ2) is 14.5. The zero-order valence-electron chi connectivity index (χ0n) is 15.8. The van der Waals surface area contributed by atoms with E-state index in [0.29, 0.717) is 24.5 Å². The van der Waals surface area contributed by atoms with Crippen LogP contribution < -0.4 is 0 Å². The molecule has 0 aliphatic rings. The van der Waals surface area contributed by atoms with Gasteiger partial charge >= 0.3 is 5.97 Å². The van der Waals surface area contributed by atoms with Gasteiger partial charge < -0.3 is 9.57 Å². The molecule has 0 heterocycles. The Balaban J connectivity index is 2.21. The molecule has 0 bridgehead atoms. The third-order valence-corrected chi connectivity index (χ3v) is 4.05. The van der Waals surface area contributed by atoms with Gasteiger partial charge in [-0.05, 0) is 30.6 Å². The number of carbonyl (C=O) groups is 1. The fourth-order valence-electron chi connectivity index (χ4n) is 2.62. The molecule has 0 aliphatic heterocycles. The van der Waals surface area contributed by atoms with Crippen molar-refractivity contribution in [2.75, 3.05) is 6.61 Å². The molecule has 4 heteroatoms. The maximum atomic E-state index is 11.9. The topological polar surface area (TPSA) is 47.9 Å². The summed E-state index contributed by atoms with van der Waals surface area (Å²) in [6.07, 6.45) is 12.1. The van der Waals surface area contributed by atoms with Gasteiger partial charge in [-0.1, -0.05) is 76.5 Å². The molecule has 4 nitrogen and oxygen atoms in total. The van der Waals surface area contributed by atoms with Gasteiger partial charge in [0.1, 0.15) is 0 Å². The Morgan fingerprint density at radius 3 is 2.08 bits per heavy atom. The molecule has 0 fully saturated rings. The van der Waals surface area contributed by atoms with E-state index in [-0.39, 0.29) is 0 Å². The summed E-state index contributed by atoms with van der Waals surface area (Å²) in [4.78, 5) is 16.9. The molecular weight excluding hydrogens is 314 g/mol. The SMILES string of the molecule is CCCCCCCCCCC/C(=N/OC(=O)c1ccccc1)OCC. The molecule has 0 saturated heterocycles. The number of ether oxygens (including phenoxy) is 1. The number of nitrogens with zero attached hydrogens (tertiary/aromatic N) is 1. The summed E-state index contributed by atoms with van der Waals surface area (Å²) in [5, 5.41) is 3.90. The van der Waals surface area contributed by atoms with Gasteiger partial charge in [-0.25, -0.2) is 4.79 Å². The van der Waals surface area contributed by atoms with Crippen LogP contribution in [0.5, 0.6) is 0 Å². The molecule has 1 rings (SSSR count). The Morgan fingerprint density at radius 2 is 1.48 bits per heavy atom. The normalized spacial score (nSPS) is 11.4. The molecule has 1 aromatic rings. The van der Waals surface area contributed by atoms with Crippen LogP contribution in [0.4, 0.5) is 0 Å². The van der Waals surface area contributed by atoms with Crippen LogP contribution in [-0.4, -0.2) is 18.5 Å². The Bertz CT molecular complexity index is 485. The molecular formula is C21H33NO3. The number of oxime groups is 1. The molecule has 0 amide bonds. The van der Waals surface area contributed by atoms with Crippen LogP contribution in [0.1, 0.15) is 88.4 Å². The summed E-state index contributed by atoms with van der Waals surface area (Å²) >= 11 is 0. The number of hydrogen-bond acceptors (Lipinski definition) is 4. The van der Waals surface area contributed by atoms with Crippen molar-refractivity contribution in [1.82, 2.24) is 0 Å². The molecule has 25 heavy (non-hydrogen) atoms. The number of benzene rings is 1. The molecule has 0 aromatic heterocycles. The highest BCUT2D eigenvalue weighted by Gasteiger charge is 2.08. The van der Waals surface area contributed by atoms with Crippen molar-refractivity contribution in [3.05, 3.63) is 35.9 Å².